The average molecular weight is 536 g/mol. The van der Waals surface area contributed by atoms with Crippen molar-refractivity contribution in [3.05, 3.63) is 75.0 Å². The molecule has 184 valence electrons. The molecule has 11 heteroatoms. The van der Waals surface area contributed by atoms with Crippen LogP contribution in [0.25, 0.3) is 0 Å². The quantitative estimate of drug-likeness (QED) is 0.445. The Morgan fingerprint density at radius 1 is 1.06 bits per heavy atom. The number of hydrogen-bond acceptors (Lipinski definition) is 6. The van der Waals surface area contributed by atoms with Gasteiger partial charge in [-0.2, -0.15) is 0 Å². The third-order valence-corrected chi connectivity index (χ3v) is 6.92. The predicted molar refractivity (Wildman–Crippen MR) is 137 cm³/mol. The van der Waals surface area contributed by atoms with Gasteiger partial charge in [-0.25, -0.2) is 9.37 Å². The fraction of sp³-hybridized carbons (Fsp3) is 0.292. The Morgan fingerprint density at radius 3 is 2.51 bits per heavy atom. The summed E-state index contributed by atoms with van der Waals surface area (Å²) in [7, 11) is 0. The van der Waals surface area contributed by atoms with Gasteiger partial charge in [0.2, 0.25) is 5.91 Å². The number of nitrogens with one attached hydrogen (secondary N) is 2. The molecule has 1 aliphatic heterocycles. The van der Waals surface area contributed by atoms with Gasteiger partial charge in [-0.1, -0.05) is 29.3 Å². The first kappa shape index (κ1) is 25.4. The minimum absolute atomic E-state index is 0.0640. The van der Waals surface area contributed by atoms with E-state index in [4.69, 9.17) is 23.2 Å². The minimum atomic E-state index is -0.315. The summed E-state index contributed by atoms with van der Waals surface area (Å²) in [5.74, 6) is -0.520. The lowest BCUT2D eigenvalue weighted by atomic mass is 10.1. The van der Waals surface area contributed by atoms with Crippen molar-refractivity contribution >= 4 is 57.2 Å². The van der Waals surface area contributed by atoms with Crippen LogP contribution in [0.3, 0.4) is 0 Å². The monoisotopic (exact) mass is 535 g/mol. The molecule has 2 N–H and O–H groups in total. The number of benzene rings is 2. The first-order valence-electron chi connectivity index (χ1n) is 11.1. The van der Waals surface area contributed by atoms with E-state index in [0.717, 1.165) is 5.56 Å². The molecule has 0 unspecified atom stereocenters. The maximum Gasteiger partial charge on any atom is 0.273 e. The van der Waals surface area contributed by atoms with Crippen LogP contribution in [0.2, 0.25) is 10.0 Å². The van der Waals surface area contributed by atoms with Crippen molar-refractivity contribution in [1.29, 1.82) is 0 Å². The molecular weight excluding hydrogens is 512 g/mol. The van der Waals surface area contributed by atoms with Gasteiger partial charge in [0, 0.05) is 53.8 Å². The molecule has 2 heterocycles. The van der Waals surface area contributed by atoms with Crippen molar-refractivity contribution in [2.75, 3.05) is 44.6 Å². The Kier molecular flexibility index (Phi) is 8.56. The molecule has 1 fully saturated rings. The molecule has 4 rings (SSSR count). The zero-order valence-corrected chi connectivity index (χ0v) is 21.1. The van der Waals surface area contributed by atoms with Crippen LogP contribution in [0.4, 0.5) is 15.2 Å². The molecule has 0 radical (unpaired) electrons. The molecule has 1 aliphatic rings. The molecule has 1 aromatic heterocycles. The second-order valence-electron chi connectivity index (χ2n) is 8.07. The normalized spacial score (nSPS) is 14.1. The van der Waals surface area contributed by atoms with E-state index >= 15 is 0 Å². The van der Waals surface area contributed by atoms with Gasteiger partial charge in [0.1, 0.15) is 11.5 Å². The van der Waals surface area contributed by atoms with E-state index < -0.39 is 0 Å². The molecule has 35 heavy (non-hydrogen) atoms. The van der Waals surface area contributed by atoms with Crippen molar-refractivity contribution < 1.29 is 14.0 Å². The number of thiazole rings is 1. The van der Waals surface area contributed by atoms with Crippen LogP contribution in [0.15, 0.2) is 47.8 Å². The molecule has 0 bridgehead atoms. The number of amides is 2. The standard InChI is InChI=1S/C24H24Cl2FN5O2S/c25-17-2-1-16(20(26)13-17)7-8-28-22(33)14-31-9-11-32(12-10-31)23(34)21-15-35-24(30-21)29-19-5-3-18(27)4-6-19/h1-6,13,15H,7-12,14H2,(H,28,33)(H,29,30). The fourth-order valence-corrected chi connectivity index (χ4v) is 4.88. The number of aromatic nitrogens is 1. The van der Waals surface area contributed by atoms with Gasteiger partial charge in [0.15, 0.2) is 5.13 Å². The summed E-state index contributed by atoms with van der Waals surface area (Å²) in [6.45, 7) is 3.01. The first-order valence-corrected chi connectivity index (χ1v) is 12.7. The van der Waals surface area contributed by atoms with Crippen LogP contribution in [0.5, 0.6) is 0 Å². The largest absolute Gasteiger partial charge is 0.355 e. The number of rotatable bonds is 8. The molecule has 7 nitrogen and oxygen atoms in total. The highest BCUT2D eigenvalue weighted by Crippen LogP contribution is 2.23. The number of hydrogen-bond donors (Lipinski definition) is 2. The molecular formula is C24H24Cl2FN5O2S. The highest BCUT2D eigenvalue weighted by molar-refractivity contribution is 7.14. The molecule has 1 saturated heterocycles. The third kappa shape index (κ3) is 7.14. The van der Waals surface area contributed by atoms with E-state index in [2.05, 4.69) is 15.6 Å². The second kappa shape index (κ2) is 11.8. The molecule has 2 aromatic carbocycles. The van der Waals surface area contributed by atoms with Crippen LogP contribution < -0.4 is 10.6 Å². The SMILES string of the molecule is O=C(CN1CCN(C(=O)c2csc(Nc3ccc(F)cc3)n2)CC1)NCCc1ccc(Cl)cc1Cl. The summed E-state index contributed by atoms with van der Waals surface area (Å²) in [6, 6.07) is 11.3. The lowest BCUT2D eigenvalue weighted by Crippen LogP contribution is -2.51. The van der Waals surface area contributed by atoms with Crippen LogP contribution in [-0.2, 0) is 11.2 Å². The minimum Gasteiger partial charge on any atom is -0.355 e. The number of halogens is 3. The zero-order chi connectivity index (χ0) is 24.8. The van der Waals surface area contributed by atoms with E-state index in [1.807, 2.05) is 11.0 Å². The van der Waals surface area contributed by atoms with Crippen LogP contribution in [0, 0.1) is 5.82 Å². The van der Waals surface area contributed by atoms with Crippen molar-refractivity contribution in [1.82, 2.24) is 20.1 Å². The number of anilines is 2. The van der Waals surface area contributed by atoms with Gasteiger partial charge in [0.05, 0.1) is 6.54 Å². The van der Waals surface area contributed by atoms with E-state index in [1.54, 1.807) is 34.5 Å². The Bertz CT molecular complexity index is 1180. The lowest BCUT2D eigenvalue weighted by molar-refractivity contribution is -0.122. The van der Waals surface area contributed by atoms with Gasteiger partial charge < -0.3 is 15.5 Å². The summed E-state index contributed by atoms with van der Waals surface area (Å²) in [5.41, 5.74) is 2.00. The van der Waals surface area contributed by atoms with Gasteiger partial charge >= 0.3 is 0 Å². The second-order valence-corrected chi connectivity index (χ2v) is 9.78. The lowest BCUT2D eigenvalue weighted by Gasteiger charge is -2.33. The van der Waals surface area contributed by atoms with Crippen molar-refractivity contribution in [2.45, 2.75) is 6.42 Å². The Hall–Kier alpha value is -2.72. The Balaban J connectivity index is 1.19. The van der Waals surface area contributed by atoms with E-state index in [9.17, 15) is 14.0 Å². The van der Waals surface area contributed by atoms with Crippen LogP contribution >= 0.6 is 34.5 Å². The van der Waals surface area contributed by atoms with E-state index in [-0.39, 0.29) is 24.2 Å². The third-order valence-electron chi connectivity index (χ3n) is 5.58. The first-order chi connectivity index (χ1) is 16.9. The highest BCUT2D eigenvalue weighted by Gasteiger charge is 2.25. The summed E-state index contributed by atoms with van der Waals surface area (Å²) >= 11 is 13.4. The average Bonchev–Trinajstić information content (AvgIpc) is 3.30. The van der Waals surface area contributed by atoms with Crippen LogP contribution in [-0.4, -0.2) is 65.9 Å². The smallest absolute Gasteiger partial charge is 0.273 e. The van der Waals surface area contributed by atoms with Gasteiger partial charge in [-0.15, -0.1) is 11.3 Å². The summed E-state index contributed by atoms with van der Waals surface area (Å²) in [5, 5.41) is 9.44. The summed E-state index contributed by atoms with van der Waals surface area (Å²) < 4.78 is 13.1. The molecule has 0 spiro atoms. The van der Waals surface area contributed by atoms with Crippen LogP contribution in [0.1, 0.15) is 16.1 Å². The topological polar surface area (TPSA) is 77.6 Å². The van der Waals surface area contributed by atoms with Crippen molar-refractivity contribution in [3.63, 3.8) is 0 Å². The number of carbonyl (C=O) groups is 2. The van der Waals surface area contributed by atoms with E-state index in [1.165, 1.54) is 23.5 Å². The molecule has 0 saturated carbocycles. The highest BCUT2D eigenvalue weighted by atomic mass is 35.5. The number of carbonyl (C=O) groups excluding carboxylic acids is 2. The molecule has 2 amide bonds. The maximum absolute atomic E-state index is 13.1. The Morgan fingerprint density at radius 2 is 1.80 bits per heavy atom. The molecule has 3 aromatic rings. The summed E-state index contributed by atoms with van der Waals surface area (Å²) in [6.07, 6.45) is 0.621. The number of nitrogens with zero attached hydrogens (tertiary/aromatic N) is 3. The zero-order valence-electron chi connectivity index (χ0n) is 18.8. The molecule has 0 aliphatic carbocycles. The molecule has 0 atom stereocenters. The number of piperazine rings is 1. The predicted octanol–water partition coefficient (Wildman–Crippen LogP) is 4.45. The van der Waals surface area contributed by atoms with Crippen molar-refractivity contribution in [2.24, 2.45) is 0 Å². The van der Waals surface area contributed by atoms with Crippen molar-refractivity contribution in [3.8, 4) is 0 Å². The van der Waals surface area contributed by atoms with Gasteiger partial charge in [-0.05, 0) is 48.4 Å². The van der Waals surface area contributed by atoms with Gasteiger partial charge in [0.25, 0.3) is 5.91 Å². The van der Waals surface area contributed by atoms with E-state index in [0.29, 0.717) is 65.7 Å². The fourth-order valence-electron chi connectivity index (χ4n) is 3.68. The summed E-state index contributed by atoms with van der Waals surface area (Å²) in [4.78, 5) is 33.3. The Labute approximate surface area is 216 Å². The maximum atomic E-state index is 13.1. The van der Waals surface area contributed by atoms with Gasteiger partial charge in [-0.3, -0.25) is 14.5 Å².